The molecule has 2 aliphatic heterocycles. The summed E-state index contributed by atoms with van der Waals surface area (Å²) in [5.41, 5.74) is 7.51. The number of nitrogens with one attached hydrogen (secondary N) is 1. The smallest absolute Gasteiger partial charge is 0.257 e. The Morgan fingerprint density at radius 2 is 1.60 bits per heavy atom. The average Bonchev–Trinajstić information content (AvgIpc) is 2.89. The van der Waals surface area contributed by atoms with Crippen molar-refractivity contribution in [3.63, 3.8) is 0 Å². The highest BCUT2D eigenvalue weighted by Gasteiger charge is 2.30. The van der Waals surface area contributed by atoms with Crippen molar-refractivity contribution in [3.8, 4) is 0 Å². The van der Waals surface area contributed by atoms with Crippen LogP contribution in [0.3, 0.4) is 0 Å². The van der Waals surface area contributed by atoms with E-state index in [4.69, 9.17) is 5.73 Å². The van der Waals surface area contributed by atoms with Crippen LogP contribution in [0, 0.1) is 17.8 Å². The van der Waals surface area contributed by atoms with E-state index in [9.17, 15) is 21.6 Å². The number of hydrogen-bond acceptors (Lipinski definition) is 7. The Hall–Kier alpha value is -1.93. The van der Waals surface area contributed by atoms with E-state index in [1.165, 1.54) is 19.2 Å². The monoisotopic (exact) mass is 677 g/mol. The number of carbonyl (C=O) groups excluding carboxylic acids is 1. The molecule has 0 aromatic heterocycles. The van der Waals surface area contributed by atoms with Crippen molar-refractivity contribution < 1.29 is 21.6 Å². The van der Waals surface area contributed by atoms with Gasteiger partial charge in [0.1, 0.15) is 0 Å². The van der Waals surface area contributed by atoms with Crippen LogP contribution in [0.1, 0.15) is 49.0 Å². The molecule has 1 amide bonds. The summed E-state index contributed by atoms with van der Waals surface area (Å²) in [4.78, 5) is 15.8. The van der Waals surface area contributed by atoms with E-state index >= 15 is 0 Å². The number of carbonyl (C=O) groups is 1. The molecule has 43 heavy (non-hydrogen) atoms. The third-order valence-electron chi connectivity index (χ3n) is 8.04. The molecule has 3 N–H and O–H groups in total. The third kappa shape index (κ3) is 9.29. The number of hydrogen-bond donors (Lipinski definition) is 2. The maximum Gasteiger partial charge on any atom is 0.257 e. The molecule has 14 heteroatoms. The van der Waals surface area contributed by atoms with E-state index in [-0.39, 0.29) is 41.0 Å². The second-order valence-electron chi connectivity index (χ2n) is 11.8. The highest BCUT2D eigenvalue weighted by atomic mass is 35.5. The molecular weight excluding hydrogens is 633 g/mol. The van der Waals surface area contributed by atoms with Gasteiger partial charge < -0.3 is 11.1 Å². The van der Waals surface area contributed by atoms with Crippen LogP contribution in [0.5, 0.6) is 0 Å². The van der Waals surface area contributed by atoms with Crippen molar-refractivity contribution in [1.29, 1.82) is 0 Å². The lowest BCUT2D eigenvalue weighted by Crippen LogP contribution is -2.49. The number of sulfonamides is 2. The van der Waals surface area contributed by atoms with Crippen LogP contribution < -0.4 is 15.4 Å². The Morgan fingerprint density at radius 1 is 1.00 bits per heavy atom. The van der Waals surface area contributed by atoms with Crippen molar-refractivity contribution in [2.24, 2.45) is 23.5 Å². The molecule has 2 heterocycles. The SMILES string of the molecule is CC(C)CC1CCN(S(=O)(=O)c2ccc(NC(=O)c3cc(CN4CC(CN)C4)ccc3N(C)S(C)(=O)=O)cc2)CC1.Cl.Cl. The topological polar surface area (TPSA) is 133 Å². The first kappa shape index (κ1) is 37.3. The molecule has 2 fully saturated rings. The first-order chi connectivity index (χ1) is 19.3. The van der Waals surface area contributed by atoms with Crippen LogP contribution in [0.15, 0.2) is 47.4 Å². The summed E-state index contributed by atoms with van der Waals surface area (Å²) < 4.78 is 53.7. The second kappa shape index (κ2) is 15.4. The third-order valence-corrected chi connectivity index (χ3v) is 11.1. The lowest BCUT2D eigenvalue weighted by Gasteiger charge is -2.38. The number of amides is 1. The molecule has 2 aliphatic rings. The number of nitrogens with zero attached hydrogens (tertiary/aromatic N) is 3. The Kier molecular flexibility index (Phi) is 13.3. The molecule has 0 saturated carbocycles. The van der Waals surface area contributed by atoms with Gasteiger partial charge in [0.25, 0.3) is 5.91 Å². The quantitative estimate of drug-likeness (QED) is 0.367. The fourth-order valence-corrected chi connectivity index (χ4v) is 7.63. The van der Waals surface area contributed by atoms with Gasteiger partial charge in [0.2, 0.25) is 20.0 Å². The maximum absolute atomic E-state index is 13.4. The summed E-state index contributed by atoms with van der Waals surface area (Å²) in [5.74, 6) is 1.14. The zero-order chi connectivity index (χ0) is 29.9. The standard InChI is InChI=1S/C29H43N5O5S2.2ClH/c1-21(2)15-22-11-13-34(14-12-22)41(38,39)26-8-6-25(7-9-26)31-29(35)27-16-23(18-33-19-24(17-30)20-33)5-10-28(27)32(3)40(4,36)37;;/h5-10,16,21-22,24H,11-15,17-20,30H2,1-4H3,(H,31,35);2*1H. The van der Waals surface area contributed by atoms with Crippen molar-refractivity contribution in [2.45, 2.75) is 44.6 Å². The predicted molar refractivity (Wildman–Crippen MR) is 177 cm³/mol. The molecule has 2 aromatic rings. The number of piperidine rings is 1. The summed E-state index contributed by atoms with van der Waals surface area (Å²) >= 11 is 0. The van der Waals surface area contributed by atoms with Crippen LogP contribution in [0.4, 0.5) is 11.4 Å². The van der Waals surface area contributed by atoms with E-state index < -0.39 is 26.0 Å². The first-order valence-electron chi connectivity index (χ1n) is 14.2. The Morgan fingerprint density at radius 3 is 2.14 bits per heavy atom. The molecule has 0 aliphatic carbocycles. The molecule has 0 radical (unpaired) electrons. The van der Waals surface area contributed by atoms with Crippen molar-refractivity contribution in [2.75, 3.05) is 55.6 Å². The van der Waals surface area contributed by atoms with Crippen LogP contribution in [-0.4, -0.2) is 78.0 Å². The van der Waals surface area contributed by atoms with Gasteiger partial charge in [-0.25, -0.2) is 16.8 Å². The van der Waals surface area contributed by atoms with Crippen molar-refractivity contribution in [3.05, 3.63) is 53.6 Å². The highest BCUT2D eigenvalue weighted by Crippen LogP contribution is 2.29. The van der Waals surface area contributed by atoms with E-state index in [0.29, 0.717) is 49.6 Å². The largest absolute Gasteiger partial charge is 0.330 e. The number of nitrogens with two attached hydrogens (primary N) is 1. The Labute approximate surface area is 269 Å². The van der Waals surface area contributed by atoms with Gasteiger partial charge in [0.15, 0.2) is 0 Å². The van der Waals surface area contributed by atoms with Gasteiger partial charge in [-0.05, 0) is 85.5 Å². The molecular formula is C29H45Cl2N5O5S2. The molecule has 0 spiro atoms. The summed E-state index contributed by atoms with van der Waals surface area (Å²) in [6.07, 6.45) is 3.92. The normalized spacial score (nSPS) is 17.1. The van der Waals surface area contributed by atoms with Crippen LogP contribution in [0.2, 0.25) is 0 Å². The van der Waals surface area contributed by atoms with E-state index in [1.807, 2.05) is 6.07 Å². The zero-order valence-electron chi connectivity index (χ0n) is 25.2. The predicted octanol–water partition coefficient (Wildman–Crippen LogP) is 4.02. The fraction of sp³-hybridized carbons (Fsp3) is 0.552. The van der Waals surface area contributed by atoms with Gasteiger partial charge in [0.05, 0.1) is 22.4 Å². The number of halogens is 2. The van der Waals surface area contributed by atoms with Crippen molar-refractivity contribution in [1.82, 2.24) is 9.21 Å². The molecule has 0 unspecified atom stereocenters. The van der Waals surface area contributed by atoms with Gasteiger partial charge >= 0.3 is 0 Å². The van der Waals surface area contributed by atoms with Crippen LogP contribution >= 0.6 is 24.8 Å². The molecule has 2 aromatic carbocycles. The molecule has 10 nitrogen and oxygen atoms in total. The van der Waals surface area contributed by atoms with E-state index in [1.54, 1.807) is 28.6 Å². The molecule has 0 bridgehead atoms. The summed E-state index contributed by atoms with van der Waals surface area (Å²) in [6, 6.07) is 11.3. The number of likely N-dealkylation sites (tertiary alicyclic amines) is 1. The maximum atomic E-state index is 13.4. The van der Waals surface area contributed by atoms with Gasteiger partial charge in [-0.3, -0.25) is 14.0 Å². The Balaban J connectivity index is 0.00000323. The lowest BCUT2D eigenvalue weighted by molar-refractivity contribution is 0.0976. The minimum atomic E-state index is -3.63. The average molecular weight is 679 g/mol. The number of rotatable bonds is 11. The summed E-state index contributed by atoms with van der Waals surface area (Å²) in [7, 11) is -5.83. The minimum Gasteiger partial charge on any atom is -0.330 e. The Bertz CT molecular complexity index is 1440. The van der Waals surface area contributed by atoms with Gasteiger partial charge in [0, 0.05) is 45.5 Å². The fourth-order valence-electron chi connectivity index (χ4n) is 5.64. The second-order valence-corrected chi connectivity index (χ2v) is 15.8. The number of anilines is 2. The lowest BCUT2D eigenvalue weighted by atomic mass is 9.89. The van der Waals surface area contributed by atoms with Gasteiger partial charge in [-0.2, -0.15) is 4.31 Å². The first-order valence-corrected chi connectivity index (χ1v) is 17.5. The van der Waals surface area contributed by atoms with Crippen LogP contribution in [0.25, 0.3) is 0 Å². The van der Waals surface area contributed by atoms with Crippen LogP contribution in [-0.2, 0) is 26.6 Å². The number of benzene rings is 2. The molecule has 2 saturated heterocycles. The minimum absolute atomic E-state index is 0. The van der Waals surface area contributed by atoms with E-state index in [2.05, 4.69) is 24.1 Å². The molecule has 242 valence electrons. The summed E-state index contributed by atoms with van der Waals surface area (Å²) in [5, 5.41) is 2.81. The van der Waals surface area contributed by atoms with Crippen molar-refractivity contribution >= 4 is 62.1 Å². The molecule has 0 atom stereocenters. The highest BCUT2D eigenvalue weighted by molar-refractivity contribution is 7.92. The zero-order valence-corrected chi connectivity index (χ0v) is 28.5. The van der Waals surface area contributed by atoms with Gasteiger partial charge in [-0.15, -0.1) is 24.8 Å². The van der Waals surface area contributed by atoms with E-state index in [0.717, 1.165) is 48.5 Å². The van der Waals surface area contributed by atoms with Gasteiger partial charge in [-0.1, -0.05) is 19.9 Å². The summed E-state index contributed by atoms with van der Waals surface area (Å²) in [6.45, 7) is 8.43. The molecule has 4 rings (SSSR count).